The van der Waals surface area contributed by atoms with Crippen molar-refractivity contribution in [3.8, 4) is 0 Å². The minimum Gasteiger partial charge on any atom is -0.287 e. The highest BCUT2D eigenvalue weighted by molar-refractivity contribution is 9.10. The first-order valence-electron chi connectivity index (χ1n) is 8.24. The Labute approximate surface area is 163 Å². The van der Waals surface area contributed by atoms with Crippen LogP contribution >= 0.6 is 39.0 Å². The summed E-state index contributed by atoms with van der Waals surface area (Å²) >= 11 is 6.71. The van der Waals surface area contributed by atoms with Gasteiger partial charge in [-0.1, -0.05) is 48.5 Å². The summed E-state index contributed by atoms with van der Waals surface area (Å²) in [4.78, 5) is 22.3. The van der Waals surface area contributed by atoms with Crippen LogP contribution in [-0.4, -0.2) is 14.5 Å². The topological polar surface area (TPSA) is 47.8 Å². The van der Waals surface area contributed by atoms with E-state index in [2.05, 4.69) is 47.1 Å². The summed E-state index contributed by atoms with van der Waals surface area (Å²) < 4.78 is 2.70. The van der Waals surface area contributed by atoms with E-state index in [0.717, 1.165) is 38.0 Å². The van der Waals surface area contributed by atoms with E-state index < -0.39 is 0 Å². The van der Waals surface area contributed by atoms with E-state index in [4.69, 9.17) is 4.98 Å². The zero-order valence-electron chi connectivity index (χ0n) is 14.5. The molecule has 3 aromatic rings. The lowest BCUT2D eigenvalue weighted by atomic mass is 10.2. The molecule has 0 saturated heterocycles. The number of nitrogens with zero attached hydrogens (tertiary/aromatic N) is 3. The van der Waals surface area contributed by atoms with Gasteiger partial charge < -0.3 is 0 Å². The summed E-state index contributed by atoms with van der Waals surface area (Å²) in [5, 5.41) is 4.65. The van der Waals surface area contributed by atoms with Crippen LogP contribution < -0.4 is 5.56 Å². The minimum absolute atomic E-state index is 0.0232. The molecule has 0 saturated carbocycles. The number of halogens is 1. The van der Waals surface area contributed by atoms with Crippen LogP contribution in [-0.2, 0) is 18.7 Å². The minimum atomic E-state index is 0.0232. The highest BCUT2D eigenvalue weighted by Gasteiger charge is 2.14. The average Bonchev–Trinajstić information content (AvgIpc) is 3.04. The number of aromatic nitrogens is 3. The molecule has 2 aromatic heterocycles. The molecule has 0 N–H and O–H groups in total. The van der Waals surface area contributed by atoms with Gasteiger partial charge >= 0.3 is 0 Å². The van der Waals surface area contributed by atoms with Gasteiger partial charge in [0.25, 0.3) is 5.56 Å². The van der Waals surface area contributed by atoms with Crippen molar-refractivity contribution in [2.45, 2.75) is 44.6 Å². The third-order valence-corrected chi connectivity index (χ3v) is 6.22. The first-order valence-corrected chi connectivity index (χ1v) is 10.9. The molecule has 0 spiro atoms. The van der Waals surface area contributed by atoms with Crippen molar-refractivity contribution in [3.05, 3.63) is 49.1 Å². The summed E-state index contributed by atoms with van der Waals surface area (Å²) in [6, 6.07) is 5.66. The molecule has 25 heavy (non-hydrogen) atoms. The number of hydrogen-bond donors (Lipinski definition) is 0. The van der Waals surface area contributed by atoms with E-state index in [-0.39, 0.29) is 5.56 Å². The Kier molecular flexibility index (Phi) is 5.96. The maximum Gasteiger partial charge on any atom is 0.262 e. The molecule has 0 atom stereocenters. The maximum atomic E-state index is 13.0. The van der Waals surface area contributed by atoms with Crippen LogP contribution in [0.3, 0.4) is 0 Å². The molecule has 0 radical (unpaired) electrons. The normalized spacial score (nSPS) is 11.6. The number of benzene rings is 1. The predicted octanol–water partition coefficient (Wildman–Crippen LogP) is 5.13. The third kappa shape index (κ3) is 4.33. The molecule has 4 nitrogen and oxygen atoms in total. The molecule has 0 fully saturated rings. The van der Waals surface area contributed by atoms with Crippen LogP contribution in [0.1, 0.15) is 31.5 Å². The molecular weight excluding hydrogens is 418 g/mol. The summed E-state index contributed by atoms with van der Waals surface area (Å²) in [5.74, 6) is 1.10. The monoisotopic (exact) mass is 437 g/mol. The van der Waals surface area contributed by atoms with Gasteiger partial charge in [0.2, 0.25) is 0 Å². The summed E-state index contributed by atoms with van der Waals surface area (Å²) in [7, 11) is 0. The molecule has 0 aliphatic rings. The highest BCUT2D eigenvalue weighted by atomic mass is 79.9. The fourth-order valence-electron chi connectivity index (χ4n) is 2.53. The summed E-state index contributed by atoms with van der Waals surface area (Å²) in [6.45, 7) is 6.99. The van der Waals surface area contributed by atoms with Gasteiger partial charge in [-0.15, -0.1) is 11.3 Å². The Morgan fingerprint density at radius 1 is 1.32 bits per heavy atom. The van der Waals surface area contributed by atoms with E-state index in [1.807, 2.05) is 18.2 Å². The summed E-state index contributed by atoms with van der Waals surface area (Å²) in [5.41, 5.74) is 1.81. The molecule has 0 unspecified atom stereocenters. The van der Waals surface area contributed by atoms with Gasteiger partial charge in [0.05, 0.1) is 21.6 Å². The van der Waals surface area contributed by atoms with Gasteiger partial charge in [-0.2, -0.15) is 0 Å². The van der Waals surface area contributed by atoms with Crippen molar-refractivity contribution in [2.75, 3.05) is 0 Å². The van der Waals surface area contributed by atoms with Crippen molar-refractivity contribution >= 4 is 49.9 Å². The fourth-order valence-corrected chi connectivity index (χ4v) is 4.64. The molecular formula is C18H20BrN3OS2. The van der Waals surface area contributed by atoms with Crippen molar-refractivity contribution in [3.63, 3.8) is 0 Å². The van der Waals surface area contributed by atoms with Crippen LogP contribution in [0.2, 0.25) is 0 Å². The first kappa shape index (κ1) is 18.6. The van der Waals surface area contributed by atoms with Crippen LogP contribution in [0.25, 0.3) is 10.9 Å². The molecule has 0 amide bonds. The van der Waals surface area contributed by atoms with E-state index in [0.29, 0.717) is 17.8 Å². The van der Waals surface area contributed by atoms with Gasteiger partial charge in [0, 0.05) is 22.2 Å². The van der Waals surface area contributed by atoms with Crippen LogP contribution in [0.4, 0.5) is 0 Å². The molecule has 1 aromatic carbocycles. The second-order valence-corrected chi connectivity index (χ2v) is 9.04. The van der Waals surface area contributed by atoms with Crippen LogP contribution in [0.5, 0.6) is 0 Å². The highest BCUT2D eigenvalue weighted by Crippen LogP contribution is 2.25. The Balaban J connectivity index is 1.99. The van der Waals surface area contributed by atoms with E-state index >= 15 is 0 Å². The quantitative estimate of drug-likeness (QED) is 0.396. The zero-order valence-corrected chi connectivity index (χ0v) is 17.7. The Bertz CT molecular complexity index is 949. The lowest BCUT2D eigenvalue weighted by Gasteiger charge is -2.14. The van der Waals surface area contributed by atoms with Crippen molar-refractivity contribution in [1.82, 2.24) is 14.5 Å². The Morgan fingerprint density at radius 2 is 2.12 bits per heavy atom. The molecule has 0 aliphatic heterocycles. The maximum absolute atomic E-state index is 13.0. The lowest BCUT2D eigenvalue weighted by Crippen LogP contribution is -2.25. The van der Waals surface area contributed by atoms with Gasteiger partial charge in [-0.3, -0.25) is 9.36 Å². The number of fused-ring (bicyclic) bond motifs is 1. The molecule has 2 heterocycles. The third-order valence-electron chi connectivity index (χ3n) is 3.68. The van der Waals surface area contributed by atoms with Crippen LogP contribution in [0.15, 0.2) is 38.0 Å². The number of thioether (sulfide) groups is 1. The smallest absolute Gasteiger partial charge is 0.262 e. The molecule has 0 bridgehead atoms. The Hall–Kier alpha value is -1.18. The van der Waals surface area contributed by atoms with Gasteiger partial charge in [0.15, 0.2) is 5.16 Å². The predicted molar refractivity (Wildman–Crippen MR) is 110 cm³/mol. The second kappa shape index (κ2) is 8.01. The first-order chi connectivity index (χ1) is 12.0. The van der Waals surface area contributed by atoms with Gasteiger partial charge in [-0.05, 0) is 30.5 Å². The largest absolute Gasteiger partial charge is 0.287 e. The van der Waals surface area contributed by atoms with E-state index in [1.54, 1.807) is 27.7 Å². The second-order valence-electron chi connectivity index (χ2n) is 6.24. The van der Waals surface area contributed by atoms with Crippen molar-refractivity contribution in [1.29, 1.82) is 0 Å². The van der Waals surface area contributed by atoms with Crippen LogP contribution in [0, 0.1) is 5.92 Å². The number of rotatable bonds is 6. The van der Waals surface area contributed by atoms with E-state index in [1.165, 1.54) is 0 Å². The number of aryl methyl sites for hydroxylation is 1. The zero-order chi connectivity index (χ0) is 18.0. The van der Waals surface area contributed by atoms with Gasteiger partial charge in [0.1, 0.15) is 0 Å². The SMILES string of the molecule is CCc1nc(CSc2nc3ccc(Br)cc3c(=O)n2CC(C)C)cs1. The Morgan fingerprint density at radius 3 is 2.80 bits per heavy atom. The molecule has 132 valence electrons. The fraction of sp³-hybridized carbons (Fsp3) is 0.389. The number of thiazole rings is 1. The lowest BCUT2D eigenvalue weighted by molar-refractivity contribution is 0.475. The molecule has 0 aliphatic carbocycles. The van der Waals surface area contributed by atoms with E-state index in [9.17, 15) is 4.79 Å². The average molecular weight is 438 g/mol. The summed E-state index contributed by atoms with van der Waals surface area (Å²) in [6.07, 6.45) is 0.955. The standard InChI is InChI=1S/C18H20BrN3OS2/c1-4-16-20-13(9-24-16)10-25-18-21-15-6-5-12(19)7-14(15)17(23)22(18)8-11(2)3/h5-7,9,11H,4,8,10H2,1-3H3. The number of hydrogen-bond acceptors (Lipinski definition) is 5. The van der Waals surface area contributed by atoms with Crippen molar-refractivity contribution < 1.29 is 0 Å². The van der Waals surface area contributed by atoms with Gasteiger partial charge in [-0.25, -0.2) is 9.97 Å². The molecule has 7 heteroatoms. The van der Waals surface area contributed by atoms with Crippen molar-refractivity contribution in [2.24, 2.45) is 5.92 Å². The molecule has 3 rings (SSSR count).